The molecule has 1 saturated heterocycles. The first kappa shape index (κ1) is 16.3. The van der Waals surface area contributed by atoms with Crippen LogP contribution < -0.4 is 4.90 Å². The van der Waals surface area contributed by atoms with E-state index in [2.05, 4.69) is 0 Å². The third kappa shape index (κ3) is 3.86. The van der Waals surface area contributed by atoms with Crippen LogP contribution in [-0.4, -0.2) is 32.1 Å². The number of carbonyl (C=O) groups is 1. The van der Waals surface area contributed by atoms with Crippen molar-refractivity contribution in [1.82, 2.24) is 0 Å². The van der Waals surface area contributed by atoms with Crippen molar-refractivity contribution in [2.75, 3.05) is 31.2 Å². The molecular weight excluding hydrogens is 312 g/mol. The summed E-state index contributed by atoms with van der Waals surface area (Å²) in [4.78, 5) is 14.1. The van der Waals surface area contributed by atoms with E-state index in [0.29, 0.717) is 37.6 Å². The number of nitrogens with zero attached hydrogens (tertiary/aromatic N) is 1. The van der Waals surface area contributed by atoms with Gasteiger partial charge in [0.05, 0.1) is 18.9 Å². The molecule has 0 aliphatic carbocycles. The van der Waals surface area contributed by atoms with Gasteiger partial charge in [0.25, 0.3) is 0 Å². The van der Waals surface area contributed by atoms with E-state index in [1.54, 1.807) is 30.3 Å². The number of hydrogen-bond acceptors (Lipinski definition) is 3. The second-order valence-electron chi connectivity index (χ2n) is 5.51. The summed E-state index contributed by atoms with van der Waals surface area (Å²) < 4.78 is 32.4. The highest BCUT2D eigenvalue weighted by atomic mass is 19.1. The van der Waals surface area contributed by atoms with Crippen LogP contribution in [0.1, 0.15) is 15.9 Å². The molecule has 1 fully saturated rings. The van der Waals surface area contributed by atoms with Crippen LogP contribution in [0.2, 0.25) is 0 Å². The molecule has 3 rings (SSSR count). The number of hydrogen-bond donors (Lipinski definition) is 0. The highest BCUT2D eigenvalue weighted by molar-refractivity contribution is 6.07. The number of carbonyl (C=O) groups excluding carboxylic acids is 1. The lowest BCUT2D eigenvalue weighted by Crippen LogP contribution is -2.36. The smallest absolute Gasteiger partial charge is 0.185 e. The highest BCUT2D eigenvalue weighted by Crippen LogP contribution is 2.22. The zero-order chi connectivity index (χ0) is 16.9. The van der Waals surface area contributed by atoms with Crippen molar-refractivity contribution < 1.29 is 18.3 Å². The molecule has 0 N–H and O–H groups in total. The van der Waals surface area contributed by atoms with Crippen LogP contribution in [0, 0.1) is 11.6 Å². The van der Waals surface area contributed by atoms with Gasteiger partial charge in [0, 0.05) is 18.7 Å². The van der Waals surface area contributed by atoms with Crippen molar-refractivity contribution in [2.45, 2.75) is 0 Å². The quantitative estimate of drug-likeness (QED) is 0.633. The first-order valence-corrected chi connectivity index (χ1v) is 7.74. The number of ether oxygens (including phenoxy) is 1. The van der Waals surface area contributed by atoms with Gasteiger partial charge in [-0.05, 0) is 42.0 Å². The van der Waals surface area contributed by atoms with Crippen LogP contribution >= 0.6 is 0 Å². The summed E-state index contributed by atoms with van der Waals surface area (Å²) >= 11 is 0. The highest BCUT2D eigenvalue weighted by Gasteiger charge is 2.16. The van der Waals surface area contributed by atoms with Crippen molar-refractivity contribution in [1.29, 1.82) is 0 Å². The Balaban J connectivity index is 1.73. The monoisotopic (exact) mass is 329 g/mol. The maximum Gasteiger partial charge on any atom is 0.185 e. The lowest BCUT2D eigenvalue weighted by Gasteiger charge is -2.29. The number of allylic oxidation sites excluding steroid dienone is 1. The van der Waals surface area contributed by atoms with Crippen LogP contribution in [0.3, 0.4) is 0 Å². The maximum atomic E-state index is 14.3. The van der Waals surface area contributed by atoms with Crippen LogP contribution in [-0.2, 0) is 4.74 Å². The Kier molecular flexibility index (Phi) is 5.01. The summed E-state index contributed by atoms with van der Waals surface area (Å²) in [6.45, 7) is 2.41. The van der Waals surface area contributed by atoms with Gasteiger partial charge in [-0.15, -0.1) is 0 Å². The fraction of sp³-hybridized carbons (Fsp3) is 0.211. The average Bonchev–Trinajstić information content (AvgIpc) is 2.61. The van der Waals surface area contributed by atoms with Crippen molar-refractivity contribution in [3.05, 3.63) is 71.3 Å². The fourth-order valence-electron chi connectivity index (χ4n) is 2.56. The Morgan fingerprint density at radius 1 is 1.04 bits per heavy atom. The zero-order valence-electron chi connectivity index (χ0n) is 13.0. The van der Waals surface area contributed by atoms with Crippen molar-refractivity contribution in [2.24, 2.45) is 0 Å². The first-order chi connectivity index (χ1) is 11.6. The molecule has 2 aromatic rings. The second kappa shape index (κ2) is 7.36. The Morgan fingerprint density at radius 3 is 2.42 bits per heavy atom. The minimum absolute atomic E-state index is 0.280. The standard InChI is InChI=1S/C19H17F2NO2/c20-16-5-1-14(2-6-16)3-8-19(23)15-4-7-18(17(21)13-15)22-9-11-24-12-10-22/h1-8,13H,9-12H2/b8-3+. The largest absolute Gasteiger partial charge is 0.378 e. The summed E-state index contributed by atoms with van der Waals surface area (Å²) in [5, 5.41) is 0. The molecule has 0 radical (unpaired) electrons. The molecule has 2 aromatic carbocycles. The number of halogens is 2. The van der Waals surface area contributed by atoms with E-state index in [1.807, 2.05) is 4.90 Å². The van der Waals surface area contributed by atoms with Gasteiger partial charge >= 0.3 is 0 Å². The van der Waals surface area contributed by atoms with E-state index in [9.17, 15) is 13.6 Å². The van der Waals surface area contributed by atoms with E-state index in [-0.39, 0.29) is 17.2 Å². The van der Waals surface area contributed by atoms with Gasteiger partial charge in [-0.1, -0.05) is 18.2 Å². The Morgan fingerprint density at radius 2 is 1.75 bits per heavy atom. The van der Waals surface area contributed by atoms with Gasteiger partial charge in [-0.3, -0.25) is 4.79 Å². The van der Waals surface area contributed by atoms with E-state index in [4.69, 9.17) is 4.74 Å². The molecule has 1 aliphatic rings. The van der Waals surface area contributed by atoms with Crippen molar-refractivity contribution >= 4 is 17.5 Å². The van der Waals surface area contributed by atoms with Gasteiger partial charge in [0.2, 0.25) is 0 Å². The van der Waals surface area contributed by atoms with Gasteiger partial charge in [0.15, 0.2) is 5.78 Å². The Bertz CT molecular complexity index is 750. The molecular formula is C19H17F2NO2. The van der Waals surface area contributed by atoms with E-state index >= 15 is 0 Å². The third-order valence-corrected chi connectivity index (χ3v) is 3.88. The molecule has 0 spiro atoms. The molecule has 124 valence electrons. The lowest BCUT2D eigenvalue weighted by molar-refractivity contribution is 0.104. The summed E-state index contributed by atoms with van der Waals surface area (Å²) in [5.41, 5.74) is 1.47. The molecule has 5 heteroatoms. The fourth-order valence-corrected chi connectivity index (χ4v) is 2.56. The lowest BCUT2D eigenvalue weighted by atomic mass is 10.1. The predicted molar refractivity (Wildman–Crippen MR) is 89.2 cm³/mol. The minimum Gasteiger partial charge on any atom is -0.378 e. The number of anilines is 1. The second-order valence-corrected chi connectivity index (χ2v) is 5.51. The SMILES string of the molecule is O=C(/C=C/c1ccc(F)cc1)c1ccc(N2CCOCC2)c(F)c1. The van der Waals surface area contributed by atoms with Crippen LogP contribution in [0.5, 0.6) is 0 Å². The summed E-state index contributed by atoms with van der Waals surface area (Å²) in [7, 11) is 0. The predicted octanol–water partition coefficient (Wildman–Crippen LogP) is 3.70. The number of morpholine rings is 1. The molecule has 0 atom stereocenters. The van der Waals surface area contributed by atoms with E-state index < -0.39 is 5.82 Å². The Hall–Kier alpha value is -2.53. The summed E-state index contributed by atoms with van der Waals surface area (Å²) in [6.07, 6.45) is 2.94. The van der Waals surface area contributed by atoms with Gasteiger partial charge in [-0.2, -0.15) is 0 Å². The molecule has 0 aromatic heterocycles. The van der Waals surface area contributed by atoms with Gasteiger partial charge in [0.1, 0.15) is 11.6 Å². The van der Waals surface area contributed by atoms with E-state index in [1.165, 1.54) is 24.3 Å². The average molecular weight is 329 g/mol. The zero-order valence-corrected chi connectivity index (χ0v) is 13.0. The maximum absolute atomic E-state index is 14.3. The molecule has 3 nitrogen and oxygen atoms in total. The molecule has 0 bridgehead atoms. The van der Waals surface area contributed by atoms with Crippen molar-refractivity contribution in [3.8, 4) is 0 Å². The topological polar surface area (TPSA) is 29.5 Å². The van der Waals surface area contributed by atoms with Crippen molar-refractivity contribution in [3.63, 3.8) is 0 Å². The van der Waals surface area contributed by atoms with E-state index in [0.717, 1.165) is 0 Å². The summed E-state index contributed by atoms with van der Waals surface area (Å²) in [5.74, 6) is -1.05. The number of rotatable bonds is 4. The van der Waals surface area contributed by atoms with Crippen LogP contribution in [0.15, 0.2) is 48.5 Å². The normalized spacial score (nSPS) is 15.0. The molecule has 0 saturated carbocycles. The third-order valence-electron chi connectivity index (χ3n) is 3.88. The van der Waals surface area contributed by atoms with Crippen LogP contribution in [0.4, 0.5) is 14.5 Å². The number of benzene rings is 2. The number of ketones is 1. The molecule has 1 heterocycles. The Labute approximate surface area is 139 Å². The molecule has 24 heavy (non-hydrogen) atoms. The molecule has 0 unspecified atom stereocenters. The first-order valence-electron chi connectivity index (χ1n) is 7.74. The molecule has 0 amide bonds. The molecule has 1 aliphatic heterocycles. The van der Waals surface area contributed by atoms with Crippen LogP contribution in [0.25, 0.3) is 6.08 Å². The van der Waals surface area contributed by atoms with Gasteiger partial charge < -0.3 is 9.64 Å². The minimum atomic E-state index is -0.419. The summed E-state index contributed by atoms with van der Waals surface area (Å²) in [6, 6.07) is 10.3. The van der Waals surface area contributed by atoms with Gasteiger partial charge in [-0.25, -0.2) is 8.78 Å².